The summed E-state index contributed by atoms with van der Waals surface area (Å²) in [6, 6.07) is 0. The number of cyclic esters (lactones) is 1. The van der Waals surface area contributed by atoms with E-state index in [1.807, 2.05) is 45.9 Å². The molecule has 37 heavy (non-hydrogen) atoms. The Morgan fingerprint density at radius 2 is 1.73 bits per heavy atom. The van der Waals surface area contributed by atoms with Crippen LogP contribution in [0.3, 0.4) is 0 Å². The number of rotatable bonds is 3. The fraction of sp³-hybridized carbons (Fsp3) is 0.645. The summed E-state index contributed by atoms with van der Waals surface area (Å²) < 4.78 is 5.78. The number of aliphatic hydroxyl groups is 4. The fourth-order valence-electron chi connectivity index (χ4n) is 4.90. The van der Waals surface area contributed by atoms with Gasteiger partial charge in [0.15, 0.2) is 0 Å². The number of carbonyl (C=O) groups is 1. The van der Waals surface area contributed by atoms with Crippen molar-refractivity contribution in [2.24, 2.45) is 29.6 Å². The largest absolute Gasteiger partial charge is 0.458 e. The lowest BCUT2D eigenvalue weighted by molar-refractivity contribution is -0.150. The molecule has 0 aromatic rings. The molecule has 0 aliphatic carbocycles. The number of hydrogen-bond donors (Lipinski definition) is 4. The van der Waals surface area contributed by atoms with Crippen LogP contribution in [0.25, 0.3) is 0 Å². The molecular formula is C31H50O6. The number of carbonyl (C=O) groups excluding carboxylic acids is 1. The van der Waals surface area contributed by atoms with E-state index in [2.05, 4.69) is 13.5 Å². The van der Waals surface area contributed by atoms with Crippen LogP contribution in [0.15, 0.2) is 61.3 Å². The second kappa shape index (κ2) is 17.5. The molecule has 1 unspecified atom stereocenters. The van der Waals surface area contributed by atoms with E-state index in [9.17, 15) is 25.2 Å². The third kappa shape index (κ3) is 12.9. The molecule has 210 valence electrons. The first-order valence-electron chi connectivity index (χ1n) is 13.7. The van der Waals surface area contributed by atoms with Crippen LogP contribution in [-0.2, 0) is 9.53 Å². The Bertz CT molecular complexity index is 785. The molecule has 4 N–H and O–H groups in total. The van der Waals surface area contributed by atoms with Gasteiger partial charge in [-0.3, -0.25) is 0 Å². The normalized spacial score (nSPS) is 39.5. The zero-order chi connectivity index (χ0) is 28.0. The van der Waals surface area contributed by atoms with Crippen molar-refractivity contribution in [3.05, 3.63) is 61.3 Å². The minimum absolute atomic E-state index is 0.0412. The molecule has 10 atom stereocenters. The molecule has 1 aliphatic rings. The van der Waals surface area contributed by atoms with E-state index in [-0.39, 0.29) is 36.0 Å². The van der Waals surface area contributed by atoms with Gasteiger partial charge in [-0.15, -0.1) is 0 Å². The average Bonchev–Trinajstić information content (AvgIpc) is 2.85. The minimum atomic E-state index is -0.812. The van der Waals surface area contributed by atoms with Crippen LogP contribution >= 0.6 is 0 Å². The maximum atomic E-state index is 12.5. The SMILES string of the molecule is C=C/C=C\[C@H](C)[C@@H]1OC(=O)/C=C\C=C\C[C@@H](O)C[C@H](O)/C=C\C(C)[C@H](O)[C@@H](C)C[C@@H](C)CC[C@@H](O)[C@@H]1C. The minimum Gasteiger partial charge on any atom is -0.458 e. The smallest absolute Gasteiger partial charge is 0.331 e. The highest BCUT2D eigenvalue weighted by Gasteiger charge is 2.31. The summed E-state index contributed by atoms with van der Waals surface area (Å²) in [6.45, 7) is 13.6. The van der Waals surface area contributed by atoms with E-state index in [1.165, 1.54) is 6.08 Å². The Hall–Kier alpha value is -1.99. The Balaban J connectivity index is 3.10. The van der Waals surface area contributed by atoms with E-state index in [4.69, 9.17) is 4.74 Å². The van der Waals surface area contributed by atoms with Gasteiger partial charge in [0, 0.05) is 30.3 Å². The summed E-state index contributed by atoms with van der Waals surface area (Å²) in [5.74, 6) is -0.708. The lowest BCUT2D eigenvalue weighted by Crippen LogP contribution is -2.37. The van der Waals surface area contributed by atoms with Crippen molar-refractivity contribution in [1.29, 1.82) is 0 Å². The summed E-state index contributed by atoms with van der Waals surface area (Å²) in [5, 5.41) is 42.2. The zero-order valence-corrected chi connectivity index (χ0v) is 23.3. The highest BCUT2D eigenvalue weighted by atomic mass is 16.5. The Morgan fingerprint density at radius 1 is 1.03 bits per heavy atom. The van der Waals surface area contributed by atoms with Gasteiger partial charge in [-0.25, -0.2) is 4.79 Å². The van der Waals surface area contributed by atoms with Crippen LogP contribution < -0.4 is 0 Å². The topological polar surface area (TPSA) is 107 Å². The van der Waals surface area contributed by atoms with E-state index in [1.54, 1.807) is 30.4 Å². The van der Waals surface area contributed by atoms with Crippen LogP contribution in [0.5, 0.6) is 0 Å². The zero-order valence-electron chi connectivity index (χ0n) is 23.3. The van der Waals surface area contributed by atoms with Gasteiger partial charge in [0.05, 0.1) is 24.4 Å². The van der Waals surface area contributed by atoms with E-state index in [0.717, 1.165) is 12.8 Å². The van der Waals surface area contributed by atoms with Gasteiger partial charge in [0.2, 0.25) is 0 Å². The molecule has 1 heterocycles. The van der Waals surface area contributed by atoms with Gasteiger partial charge in [-0.1, -0.05) is 89.8 Å². The van der Waals surface area contributed by atoms with E-state index < -0.39 is 36.5 Å². The van der Waals surface area contributed by atoms with Gasteiger partial charge in [0.1, 0.15) is 6.10 Å². The maximum absolute atomic E-state index is 12.5. The highest BCUT2D eigenvalue weighted by Crippen LogP contribution is 2.28. The maximum Gasteiger partial charge on any atom is 0.331 e. The molecule has 6 heteroatoms. The van der Waals surface area contributed by atoms with Gasteiger partial charge >= 0.3 is 5.97 Å². The summed E-state index contributed by atoms with van der Waals surface area (Å²) in [5.41, 5.74) is 0. The highest BCUT2D eigenvalue weighted by molar-refractivity contribution is 5.82. The summed E-state index contributed by atoms with van der Waals surface area (Å²) >= 11 is 0. The van der Waals surface area contributed by atoms with Crippen molar-refractivity contribution in [3.8, 4) is 0 Å². The predicted molar refractivity (Wildman–Crippen MR) is 150 cm³/mol. The molecule has 0 aromatic carbocycles. The summed E-state index contributed by atoms with van der Waals surface area (Å²) in [4.78, 5) is 12.5. The van der Waals surface area contributed by atoms with Crippen molar-refractivity contribution in [2.75, 3.05) is 0 Å². The van der Waals surface area contributed by atoms with Crippen LogP contribution in [0.1, 0.15) is 66.7 Å². The summed E-state index contributed by atoms with van der Waals surface area (Å²) in [6.07, 6.45) is 14.5. The number of esters is 1. The second-order valence-corrected chi connectivity index (χ2v) is 10.9. The molecule has 0 bridgehead atoms. The molecule has 0 amide bonds. The third-order valence-electron chi connectivity index (χ3n) is 7.34. The van der Waals surface area contributed by atoms with Crippen LogP contribution in [0.2, 0.25) is 0 Å². The van der Waals surface area contributed by atoms with Crippen molar-refractivity contribution >= 4 is 5.97 Å². The Labute approximate surface area is 224 Å². The van der Waals surface area contributed by atoms with Gasteiger partial charge in [0.25, 0.3) is 0 Å². The molecule has 0 radical (unpaired) electrons. The first kappa shape index (κ1) is 33.0. The average molecular weight is 519 g/mol. The fourth-order valence-corrected chi connectivity index (χ4v) is 4.90. The molecule has 0 spiro atoms. The van der Waals surface area contributed by atoms with Gasteiger partial charge < -0.3 is 25.2 Å². The lowest BCUT2D eigenvalue weighted by Gasteiger charge is -2.31. The Morgan fingerprint density at radius 3 is 2.41 bits per heavy atom. The third-order valence-corrected chi connectivity index (χ3v) is 7.34. The predicted octanol–water partition coefficient (Wildman–Crippen LogP) is 4.90. The van der Waals surface area contributed by atoms with Crippen molar-refractivity contribution < 1.29 is 30.0 Å². The lowest BCUT2D eigenvalue weighted by atomic mass is 9.82. The molecular weight excluding hydrogens is 468 g/mol. The molecule has 0 saturated carbocycles. The molecule has 1 aliphatic heterocycles. The molecule has 6 nitrogen and oxygen atoms in total. The van der Waals surface area contributed by atoms with Gasteiger partial charge in [-0.2, -0.15) is 0 Å². The quantitative estimate of drug-likeness (QED) is 0.241. The van der Waals surface area contributed by atoms with Crippen molar-refractivity contribution in [1.82, 2.24) is 0 Å². The van der Waals surface area contributed by atoms with Crippen LogP contribution in [0.4, 0.5) is 0 Å². The number of aliphatic hydroxyl groups excluding tert-OH is 4. The number of ether oxygens (including phenoxy) is 1. The van der Waals surface area contributed by atoms with Crippen LogP contribution in [-0.4, -0.2) is 56.9 Å². The second-order valence-electron chi connectivity index (χ2n) is 10.9. The molecule has 0 fully saturated rings. The standard InChI is InChI=1S/C31H50O6/c1-7-8-12-23(4)31-25(6)28(34)18-15-21(2)19-24(5)30(36)22(3)16-17-27(33)20-26(32)13-10-9-11-14-29(35)37-31/h7-12,14,16-17,21-28,30-34,36H,1,13,15,18-20H2,2-6H3/b10-9+,12-8-,14-11-,17-16-/t21-,22?,23-,24-,25-,26+,27+,28+,30-,31-/m0/s1. The number of allylic oxidation sites excluding steroid dienone is 4. The Kier molecular flexibility index (Phi) is 15.6. The molecule has 0 saturated heterocycles. The van der Waals surface area contributed by atoms with Gasteiger partial charge in [-0.05, 0) is 37.5 Å². The van der Waals surface area contributed by atoms with E-state index in [0.29, 0.717) is 12.8 Å². The van der Waals surface area contributed by atoms with Crippen molar-refractivity contribution in [3.63, 3.8) is 0 Å². The monoisotopic (exact) mass is 518 g/mol. The molecule has 1 rings (SSSR count). The summed E-state index contributed by atoms with van der Waals surface area (Å²) in [7, 11) is 0. The van der Waals surface area contributed by atoms with Crippen molar-refractivity contribution in [2.45, 2.75) is 97.2 Å². The van der Waals surface area contributed by atoms with E-state index >= 15 is 0 Å². The number of hydrogen-bond acceptors (Lipinski definition) is 6. The first-order chi connectivity index (χ1) is 17.5. The first-order valence-corrected chi connectivity index (χ1v) is 13.7. The van der Waals surface area contributed by atoms with Crippen LogP contribution in [0, 0.1) is 29.6 Å². The molecule has 0 aromatic heterocycles.